The third-order valence-corrected chi connectivity index (χ3v) is 8.09. The molecule has 0 saturated heterocycles. The Balaban J connectivity index is 1.63. The van der Waals surface area contributed by atoms with Crippen LogP contribution >= 0.6 is 11.8 Å². The van der Waals surface area contributed by atoms with E-state index in [1.54, 1.807) is 12.4 Å². The largest absolute Gasteiger partial charge is 0.480 e. The number of carbonyl (C=O) groups is 5. The topological polar surface area (TPSA) is 225 Å². The molecule has 4 aromatic rings. The van der Waals surface area contributed by atoms with Crippen molar-refractivity contribution in [2.24, 2.45) is 11.5 Å². The number of carbonyl (C=O) groups excluding carboxylic acids is 4. The SMILES string of the molecule is CSCCC(NC(=O)C(Cc1c[nH]c2ccccc12)NC(=O)C(Cc1c[nH]c2ccccc12)NC(=O)C(N)CC(N)=O)C(=O)O. The molecule has 0 aliphatic rings. The Kier molecular flexibility index (Phi) is 11.2. The van der Waals surface area contributed by atoms with Crippen LogP contribution in [0.2, 0.25) is 0 Å². The van der Waals surface area contributed by atoms with Crippen LogP contribution in [-0.4, -0.2) is 80.8 Å². The zero-order chi connectivity index (χ0) is 32.5. The molecule has 0 aliphatic heterocycles. The Morgan fingerprint density at radius 3 is 1.71 bits per heavy atom. The molecule has 10 N–H and O–H groups in total. The number of H-pyrrole nitrogens is 2. The fourth-order valence-electron chi connectivity index (χ4n) is 5.09. The van der Waals surface area contributed by atoms with Crippen LogP contribution in [0.4, 0.5) is 0 Å². The van der Waals surface area contributed by atoms with Crippen LogP contribution in [0, 0.1) is 0 Å². The van der Waals surface area contributed by atoms with E-state index in [1.807, 2.05) is 54.8 Å². The number of aromatic amines is 2. The average molecular weight is 636 g/mol. The van der Waals surface area contributed by atoms with Gasteiger partial charge in [0.1, 0.15) is 18.1 Å². The van der Waals surface area contributed by atoms with Gasteiger partial charge in [0.15, 0.2) is 0 Å². The second kappa shape index (κ2) is 15.3. The number of carboxylic acid groups (broad SMARTS) is 1. The van der Waals surface area contributed by atoms with Gasteiger partial charge in [0, 0.05) is 47.0 Å². The molecule has 45 heavy (non-hydrogen) atoms. The van der Waals surface area contributed by atoms with E-state index in [0.717, 1.165) is 32.9 Å². The van der Waals surface area contributed by atoms with Crippen molar-refractivity contribution in [2.75, 3.05) is 12.0 Å². The third kappa shape index (κ3) is 8.64. The van der Waals surface area contributed by atoms with Gasteiger partial charge in [-0.1, -0.05) is 36.4 Å². The standard InChI is InChI=1S/C31H37N7O6S/c1-45-11-10-24(31(43)44)36-29(41)26(13-18-16-35-23-9-5-3-7-20(18)23)38-30(42)25(37-28(40)21(32)14-27(33)39)12-17-15-34-22-8-4-2-6-19(17)22/h2-9,15-16,21,24-26,34-35H,10-14,32H2,1H3,(H2,33,39)(H,36,41)(H,37,40)(H,38,42)(H,43,44). The van der Waals surface area contributed by atoms with Gasteiger partial charge in [-0.3, -0.25) is 19.2 Å². The van der Waals surface area contributed by atoms with Gasteiger partial charge in [-0.15, -0.1) is 0 Å². The minimum Gasteiger partial charge on any atom is -0.480 e. The highest BCUT2D eigenvalue weighted by atomic mass is 32.2. The van der Waals surface area contributed by atoms with Gasteiger partial charge in [-0.2, -0.15) is 11.8 Å². The summed E-state index contributed by atoms with van der Waals surface area (Å²) in [5, 5.41) is 19.3. The van der Waals surface area contributed by atoms with Crippen LogP contribution in [0.1, 0.15) is 24.0 Å². The van der Waals surface area contributed by atoms with Gasteiger partial charge in [0.25, 0.3) is 0 Å². The van der Waals surface area contributed by atoms with Gasteiger partial charge >= 0.3 is 5.97 Å². The Morgan fingerprint density at radius 1 is 0.778 bits per heavy atom. The van der Waals surface area contributed by atoms with Crippen molar-refractivity contribution in [3.8, 4) is 0 Å². The first kappa shape index (κ1) is 33.1. The van der Waals surface area contributed by atoms with E-state index in [0.29, 0.717) is 5.75 Å². The van der Waals surface area contributed by atoms with E-state index in [-0.39, 0.29) is 19.3 Å². The summed E-state index contributed by atoms with van der Waals surface area (Å²) in [6.45, 7) is 0. The number of hydrogen-bond donors (Lipinski definition) is 8. The maximum absolute atomic E-state index is 13.9. The normalized spacial score (nSPS) is 13.9. The molecule has 4 unspecified atom stereocenters. The molecule has 14 heteroatoms. The maximum Gasteiger partial charge on any atom is 0.326 e. The van der Waals surface area contributed by atoms with Crippen LogP contribution in [0.15, 0.2) is 60.9 Å². The first-order chi connectivity index (χ1) is 21.6. The van der Waals surface area contributed by atoms with Crippen molar-refractivity contribution in [1.29, 1.82) is 0 Å². The van der Waals surface area contributed by atoms with Gasteiger partial charge in [-0.05, 0) is 41.7 Å². The highest BCUT2D eigenvalue weighted by molar-refractivity contribution is 7.98. The van der Waals surface area contributed by atoms with Crippen molar-refractivity contribution in [2.45, 2.75) is 49.9 Å². The number of aliphatic carboxylic acids is 1. The predicted octanol–water partition coefficient (Wildman–Crippen LogP) is 0.929. The number of benzene rings is 2. The average Bonchev–Trinajstić information content (AvgIpc) is 3.61. The number of nitrogens with one attached hydrogen (secondary N) is 5. The van der Waals surface area contributed by atoms with Crippen molar-refractivity contribution < 1.29 is 29.1 Å². The zero-order valence-electron chi connectivity index (χ0n) is 24.7. The Bertz CT molecular complexity index is 1680. The van der Waals surface area contributed by atoms with Crippen molar-refractivity contribution >= 4 is 63.2 Å². The van der Waals surface area contributed by atoms with Crippen LogP contribution in [0.25, 0.3) is 21.8 Å². The lowest BCUT2D eigenvalue weighted by Gasteiger charge is -2.25. The first-order valence-corrected chi connectivity index (χ1v) is 15.7. The molecule has 0 radical (unpaired) electrons. The summed E-state index contributed by atoms with van der Waals surface area (Å²) in [4.78, 5) is 70.1. The van der Waals surface area contributed by atoms with E-state index < -0.39 is 60.2 Å². The van der Waals surface area contributed by atoms with Gasteiger partial charge < -0.3 is 42.5 Å². The molecule has 4 rings (SSSR count). The molecule has 0 aliphatic carbocycles. The summed E-state index contributed by atoms with van der Waals surface area (Å²) in [6, 6.07) is 10.0. The summed E-state index contributed by atoms with van der Waals surface area (Å²) in [5.41, 5.74) is 14.2. The number of thioether (sulfide) groups is 1. The summed E-state index contributed by atoms with van der Waals surface area (Å²) in [5.74, 6) is -3.63. The molecule has 2 aromatic carbocycles. The maximum atomic E-state index is 13.9. The first-order valence-electron chi connectivity index (χ1n) is 14.3. The number of fused-ring (bicyclic) bond motifs is 2. The molecule has 0 saturated carbocycles. The quantitative estimate of drug-likeness (QED) is 0.0882. The minimum absolute atomic E-state index is 0.0256. The second-order valence-electron chi connectivity index (χ2n) is 10.7. The Hall–Kier alpha value is -4.82. The lowest BCUT2D eigenvalue weighted by molar-refractivity contribution is -0.142. The molecule has 238 valence electrons. The van der Waals surface area contributed by atoms with E-state index in [4.69, 9.17) is 11.5 Å². The molecule has 0 bridgehead atoms. The van der Waals surface area contributed by atoms with E-state index in [2.05, 4.69) is 25.9 Å². The number of amides is 4. The number of carboxylic acids is 1. The van der Waals surface area contributed by atoms with Crippen LogP contribution in [0.3, 0.4) is 0 Å². The lowest BCUT2D eigenvalue weighted by atomic mass is 10.0. The van der Waals surface area contributed by atoms with E-state index in [9.17, 15) is 29.1 Å². The molecule has 2 aromatic heterocycles. The highest BCUT2D eigenvalue weighted by Crippen LogP contribution is 2.21. The number of rotatable bonds is 16. The van der Waals surface area contributed by atoms with Crippen molar-refractivity contribution in [3.05, 3.63) is 72.1 Å². The molecule has 13 nitrogen and oxygen atoms in total. The number of hydrogen-bond acceptors (Lipinski definition) is 7. The monoisotopic (exact) mass is 635 g/mol. The predicted molar refractivity (Wildman–Crippen MR) is 172 cm³/mol. The fraction of sp³-hybridized carbons (Fsp3) is 0.323. The lowest BCUT2D eigenvalue weighted by Crippen LogP contribution is -2.58. The zero-order valence-corrected chi connectivity index (χ0v) is 25.5. The van der Waals surface area contributed by atoms with Crippen LogP contribution in [-0.2, 0) is 36.8 Å². The number of nitrogens with two attached hydrogens (primary N) is 2. The summed E-state index contributed by atoms with van der Waals surface area (Å²) >= 11 is 1.45. The van der Waals surface area contributed by atoms with Crippen LogP contribution < -0.4 is 27.4 Å². The second-order valence-corrected chi connectivity index (χ2v) is 11.7. The van der Waals surface area contributed by atoms with Gasteiger partial charge in [-0.25, -0.2) is 4.79 Å². The van der Waals surface area contributed by atoms with E-state index in [1.165, 1.54) is 11.8 Å². The number of aromatic nitrogens is 2. The summed E-state index contributed by atoms with van der Waals surface area (Å²) < 4.78 is 0. The van der Waals surface area contributed by atoms with E-state index >= 15 is 0 Å². The number of primary amides is 1. The molecule has 4 amide bonds. The molecule has 4 atom stereocenters. The van der Waals surface area contributed by atoms with Crippen LogP contribution in [0.5, 0.6) is 0 Å². The number of para-hydroxylation sites is 2. The van der Waals surface area contributed by atoms with Gasteiger partial charge in [0.2, 0.25) is 23.6 Å². The molecule has 2 heterocycles. The van der Waals surface area contributed by atoms with Crippen molar-refractivity contribution in [1.82, 2.24) is 25.9 Å². The molecule has 0 fully saturated rings. The smallest absolute Gasteiger partial charge is 0.326 e. The van der Waals surface area contributed by atoms with Crippen molar-refractivity contribution in [3.63, 3.8) is 0 Å². The fourth-order valence-corrected chi connectivity index (χ4v) is 5.56. The van der Waals surface area contributed by atoms with Gasteiger partial charge in [0.05, 0.1) is 12.5 Å². The molecule has 0 spiro atoms. The molecular weight excluding hydrogens is 598 g/mol. The third-order valence-electron chi connectivity index (χ3n) is 7.45. The molecular formula is C31H37N7O6S. The summed E-state index contributed by atoms with van der Waals surface area (Å²) in [6.07, 6.45) is 5.10. The Morgan fingerprint density at radius 2 is 1.24 bits per heavy atom. The highest BCUT2D eigenvalue weighted by Gasteiger charge is 2.31. The minimum atomic E-state index is -1.29. The summed E-state index contributed by atoms with van der Waals surface area (Å²) in [7, 11) is 0. The Labute approximate surface area is 263 Å².